The van der Waals surface area contributed by atoms with Gasteiger partial charge < -0.3 is 9.64 Å². The standard InChI is InChI=1S/C14H24BrNO2/c1-11(15)12-4-8-16(9-5-12)13(17)10-14(18-2)6-3-7-14/h11-12H,3-10H2,1-2H3. The van der Waals surface area contributed by atoms with Gasteiger partial charge in [0.15, 0.2) is 0 Å². The van der Waals surface area contributed by atoms with Crippen molar-refractivity contribution in [3.05, 3.63) is 0 Å². The molecule has 104 valence electrons. The highest BCUT2D eigenvalue weighted by Gasteiger charge is 2.40. The Hall–Kier alpha value is -0.0900. The molecular weight excluding hydrogens is 294 g/mol. The van der Waals surface area contributed by atoms with Crippen molar-refractivity contribution in [2.24, 2.45) is 5.92 Å². The molecule has 1 amide bonds. The maximum atomic E-state index is 12.3. The second kappa shape index (κ2) is 5.91. The molecule has 1 unspecified atom stereocenters. The summed E-state index contributed by atoms with van der Waals surface area (Å²) in [6.07, 6.45) is 6.12. The quantitative estimate of drug-likeness (QED) is 0.746. The molecule has 3 nitrogen and oxygen atoms in total. The number of amides is 1. The van der Waals surface area contributed by atoms with Crippen molar-refractivity contribution in [2.45, 2.75) is 55.9 Å². The molecule has 2 fully saturated rings. The van der Waals surface area contributed by atoms with Crippen molar-refractivity contribution in [3.8, 4) is 0 Å². The van der Waals surface area contributed by atoms with E-state index in [0.29, 0.717) is 17.2 Å². The molecule has 0 aromatic heterocycles. The number of nitrogens with zero attached hydrogens (tertiary/aromatic N) is 1. The van der Waals surface area contributed by atoms with E-state index in [1.807, 2.05) is 4.90 Å². The van der Waals surface area contributed by atoms with Crippen LogP contribution in [0.4, 0.5) is 0 Å². The predicted octanol–water partition coefficient (Wildman–Crippen LogP) is 2.97. The number of rotatable bonds is 4. The number of carbonyl (C=O) groups is 1. The normalized spacial score (nSPS) is 25.6. The summed E-state index contributed by atoms with van der Waals surface area (Å²) in [6, 6.07) is 0. The third-order valence-corrected chi connectivity index (χ3v) is 5.46. The van der Waals surface area contributed by atoms with Crippen LogP contribution in [0.2, 0.25) is 0 Å². The van der Waals surface area contributed by atoms with E-state index >= 15 is 0 Å². The van der Waals surface area contributed by atoms with Gasteiger partial charge in [-0.05, 0) is 38.0 Å². The van der Waals surface area contributed by atoms with Crippen LogP contribution < -0.4 is 0 Å². The minimum Gasteiger partial charge on any atom is -0.378 e. The number of ether oxygens (including phenoxy) is 1. The van der Waals surface area contributed by atoms with Crippen molar-refractivity contribution in [1.82, 2.24) is 4.90 Å². The van der Waals surface area contributed by atoms with E-state index < -0.39 is 0 Å². The highest BCUT2D eigenvalue weighted by atomic mass is 79.9. The van der Waals surface area contributed by atoms with E-state index in [1.165, 1.54) is 6.42 Å². The van der Waals surface area contributed by atoms with Crippen molar-refractivity contribution in [3.63, 3.8) is 0 Å². The maximum Gasteiger partial charge on any atom is 0.225 e. The van der Waals surface area contributed by atoms with Crippen LogP contribution in [0.3, 0.4) is 0 Å². The van der Waals surface area contributed by atoms with Crippen LogP contribution in [0.25, 0.3) is 0 Å². The van der Waals surface area contributed by atoms with Gasteiger partial charge in [0.05, 0.1) is 12.0 Å². The lowest BCUT2D eigenvalue weighted by atomic mass is 9.77. The molecule has 0 N–H and O–H groups in total. The Bertz CT molecular complexity index is 289. The summed E-state index contributed by atoms with van der Waals surface area (Å²) in [5.41, 5.74) is -0.128. The largest absolute Gasteiger partial charge is 0.378 e. The highest BCUT2D eigenvalue weighted by molar-refractivity contribution is 9.09. The first-order valence-corrected chi connectivity index (χ1v) is 7.95. The summed E-state index contributed by atoms with van der Waals surface area (Å²) in [7, 11) is 1.74. The monoisotopic (exact) mass is 317 g/mol. The number of methoxy groups -OCH3 is 1. The lowest BCUT2D eigenvalue weighted by molar-refractivity contribution is -0.145. The lowest BCUT2D eigenvalue weighted by Crippen LogP contribution is -2.47. The molecule has 2 rings (SSSR count). The Morgan fingerprint density at radius 3 is 2.44 bits per heavy atom. The van der Waals surface area contributed by atoms with Crippen LogP contribution >= 0.6 is 15.9 Å². The molecule has 4 heteroatoms. The van der Waals surface area contributed by atoms with E-state index in [2.05, 4.69) is 22.9 Å². The first-order chi connectivity index (χ1) is 8.56. The summed E-state index contributed by atoms with van der Waals surface area (Å²) in [5, 5.41) is 0. The highest BCUT2D eigenvalue weighted by Crippen LogP contribution is 2.38. The van der Waals surface area contributed by atoms with Gasteiger partial charge in [-0.1, -0.05) is 22.9 Å². The zero-order chi connectivity index (χ0) is 13.2. The molecule has 0 aromatic rings. The first kappa shape index (κ1) is 14.3. The Labute approximate surface area is 118 Å². The average Bonchev–Trinajstić information content (AvgIpc) is 2.33. The van der Waals surface area contributed by atoms with Crippen LogP contribution in [0.1, 0.15) is 45.4 Å². The summed E-state index contributed by atoms with van der Waals surface area (Å²) in [6.45, 7) is 4.04. The number of likely N-dealkylation sites (tertiary alicyclic amines) is 1. The SMILES string of the molecule is COC1(CC(=O)N2CCC(C(C)Br)CC2)CCC1. The van der Waals surface area contributed by atoms with Crippen molar-refractivity contribution < 1.29 is 9.53 Å². The van der Waals surface area contributed by atoms with Gasteiger partial charge in [-0.15, -0.1) is 0 Å². The number of alkyl halides is 1. The molecule has 2 aliphatic rings. The van der Waals surface area contributed by atoms with Crippen molar-refractivity contribution >= 4 is 21.8 Å². The Morgan fingerprint density at radius 2 is 2.06 bits per heavy atom. The smallest absolute Gasteiger partial charge is 0.225 e. The zero-order valence-electron chi connectivity index (χ0n) is 11.5. The van der Waals surface area contributed by atoms with Gasteiger partial charge in [-0.2, -0.15) is 0 Å². The number of hydrogen-bond acceptors (Lipinski definition) is 2. The van der Waals surface area contributed by atoms with E-state index in [-0.39, 0.29) is 11.5 Å². The Kier molecular flexibility index (Phi) is 4.70. The molecule has 1 heterocycles. The van der Waals surface area contributed by atoms with Crippen molar-refractivity contribution in [1.29, 1.82) is 0 Å². The van der Waals surface area contributed by atoms with E-state index in [1.54, 1.807) is 7.11 Å². The van der Waals surface area contributed by atoms with Crippen molar-refractivity contribution in [2.75, 3.05) is 20.2 Å². The summed E-state index contributed by atoms with van der Waals surface area (Å²) < 4.78 is 5.54. The first-order valence-electron chi connectivity index (χ1n) is 7.03. The number of carbonyl (C=O) groups excluding carboxylic acids is 1. The topological polar surface area (TPSA) is 29.5 Å². The minimum absolute atomic E-state index is 0.128. The van der Waals surface area contributed by atoms with E-state index in [0.717, 1.165) is 38.8 Å². The van der Waals surface area contributed by atoms with Crippen LogP contribution in [0.5, 0.6) is 0 Å². The second-order valence-corrected chi connectivity index (χ2v) is 7.26. The number of hydrogen-bond donors (Lipinski definition) is 0. The van der Waals surface area contributed by atoms with Gasteiger partial charge in [0.25, 0.3) is 0 Å². The molecule has 1 saturated carbocycles. The van der Waals surface area contributed by atoms with Gasteiger partial charge in [-0.3, -0.25) is 4.79 Å². The molecule has 0 bridgehead atoms. The average molecular weight is 318 g/mol. The van der Waals surface area contributed by atoms with Gasteiger partial charge in [0, 0.05) is 25.0 Å². The van der Waals surface area contributed by atoms with Crippen LogP contribution in [0.15, 0.2) is 0 Å². The molecule has 18 heavy (non-hydrogen) atoms. The lowest BCUT2D eigenvalue weighted by Gasteiger charge is -2.42. The fourth-order valence-corrected chi connectivity index (χ4v) is 3.55. The summed E-state index contributed by atoms with van der Waals surface area (Å²) in [5.74, 6) is 1.01. The van der Waals surface area contributed by atoms with E-state index in [4.69, 9.17) is 4.74 Å². The number of piperidine rings is 1. The molecule has 1 aliphatic carbocycles. The zero-order valence-corrected chi connectivity index (χ0v) is 13.0. The third-order valence-electron chi connectivity index (χ3n) is 4.71. The Morgan fingerprint density at radius 1 is 1.44 bits per heavy atom. The van der Waals surface area contributed by atoms with Gasteiger partial charge in [-0.25, -0.2) is 0 Å². The second-order valence-electron chi connectivity index (χ2n) is 5.81. The minimum atomic E-state index is -0.128. The number of halogens is 1. The molecule has 1 aliphatic heterocycles. The third kappa shape index (κ3) is 3.08. The molecule has 0 radical (unpaired) electrons. The molecular formula is C14H24BrNO2. The molecule has 1 saturated heterocycles. The summed E-state index contributed by atoms with van der Waals surface area (Å²) >= 11 is 3.65. The molecule has 0 spiro atoms. The maximum absolute atomic E-state index is 12.3. The van der Waals surface area contributed by atoms with Gasteiger partial charge in [0.2, 0.25) is 5.91 Å². The fourth-order valence-electron chi connectivity index (χ4n) is 3.02. The van der Waals surface area contributed by atoms with Crippen LogP contribution in [0, 0.1) is 5.92 Å². The van der Waals surface area contributed by atoms with Gasteiger partial charge in [0.1, 0.15) is 0 Å². The molecule has 0 aromatic carbocycles. The molecule has 1 atom stereocenters. The predicted molar refractivity (Wildman–Crippen MR) is 75.9 cm³/mol. The van der Waals surface area contributed by atoms with E-state index in [9.17, 15) is 4.79 Å². The van der Waals surface area contributed by atoms with Gasteiger partial charge >= 0.3 is 0 Å². The summed E-state index contributed by atoms with van der Waals surface area (Å²) in [4.78, 5) is 14.9. The van der Waals surface area contributed by atoms with Crippen LogP contribution in [-0.2, 0) is 9.53 Å². The van der Waals surface area contributed by atoms with Crippen LogP contribution in [-0.4, -0.2) is 41.4 Å². The Balaban J connectivity index is 1.80. The fraction of sp³-hybridized carbons (Fsp3) is 0.929.